The van der Waals surface area contributed by atoms with E-state index < -0.39 is 12.8 Å². The molecule has 1 aromatic rings. The molecule has 0 fully saturated rings. The van der Waals surface area contributed by atoms with Crippen molar-refractivity contribution in [3.05, 3.63) is 39.5 Å². The molecule has 0 saturated heterocycles. The number of benzene rings is 1. The van der Waals surface area contributed by atoms with Crippen LogP contribution in [0.1, 0.15) is 11.1 Å². The summed E-state index contributed by atoms with van der Waals surface area (Å²) in [5.41, 5.74) is 0.800. The van der Waals surface area contributed by atoms with Gasteiger partial charge < -0.3 is 12.9 Å². The molecule has 0 saturated carbocycles. The quantitative estimate of drug-likeness (QED) is 0.569. The Labute approximate surface area is 142 Å². The molecule has 0 aliphatic rings. The Morgan fingerprint density at radius 1 is 1.25 bits per heavy atom. The predicted molar refractivity (Wildman–Crippen MR) is 56.9 cm³/mol. The smallest absolute Gasteiger partial charge is 0.445 e. The first kappa shape index (κ1) is 16.9. The van der Waals surface area contributed by atoms with Crippen molar-refractivity contribution in [2.75, 3.05) is 0 Å². The number of halogens is 5. The van der Waals surface area contributed by atoms with E-state index in [2.05, 4.69) is 15.9 Å². The van der Waals surface area contributed by atoms with Gasteiger partial charge in [-0.05, 0) is 30.2 Å². The average molecular weight is 321 g/mol. The third-order valence-corrected chi connectivity index (χ3v) is 2.44. The van der Waals surface area contributed by atoms with Gasteiger partial charge in [-0.25, -0.2) is 4.39 Å². The number of hydrogen-bond acceptors (Lipinski definition) is 0. The minimum absolute atomic E-state index is 0. The molecule has 1 rings (SSSR count). The van der Waals surface area contributed by atoms with Crippen LogP contribution < -0.4 is 51.4 Å². The molecular weight excluding hydrogens is 314 g/mol. The van der Waals surface area contributed by atoms with Crippen LogP contribution in [0.2, 0.25) is 0 Å². The molecule has 0 amide bonds. The summed E-state index contributed by atoms with van der Waals surface area (Å²) in [5, 5.41) is 0. The van der Waals surface area contributed by atoms with Gasteiger partial charge in [-0.3, -0.25) is 0 Å². The van der Waals surface area contributed by atoms with Crippen LogP contribution >= 0.6 is 15.9 Å². The second-order valence-corrected chi connectivity index (χ2v) is 3.96. The standard InChI is InChI=1S/C9H7BBrF4.K/c1-6-4-7(12)5-9(11)8(6)2-3-10(13,14)15;/h2-5H,1H3;/q-1;+1/b3-2+;. The summed E-state index contributed by atoms with van der Waals surface area (Å²) in [7, 11) is 0. The minimum Gasteiger partial charge on any atom is -0.445 e. The van der Waals surface area contributed by atoms with Crippen molar-refractivity contribution >= 4 is 29.0 Å². The van der Waals surface area contributed by atoms with Crippen molar-refractivity contribution in [1.29, 1.82) is 0 Å². The maximum Gasteiger partial charge on any atom is 1.00 e. The summed E-state index contributed by atoms with van der Waals surface area (Å²) in [6.45, 7) is -3.41. The summed E-state index contributed by atoms with van der Waals surface area (Å²) in [4.78, 5) is 0. The second-order valence-electron chi connectivity index (χ2n) is 3.10. The summed E-state index contributed by atoms with van der Waals surface area (Å²) in [6, 6.07) is 2.32. The Morgan fingerprint density at radius 3 is 2.25 bits per heavy atom. The SMILES string of the molecule is Cc1cc(F)cc(Br)c1/C=C/[B-](F)(F)F.[K+]. The van der Waals surface area contributed by atoms with Crippen molar-refractivity contribution < 1.29 is 68.7 Å². The zero-order chi connectivity index (χ0) is 11.6. The molecule has 82 valence electrons. The van der Waals surface area contributed by atoms with Crippen molar-refractivity contribution in [2.45, 2.75) is 6.92 Å². The van der Waals surface area contributed by atoms with Crippen LogP contribution in [0, 0.1) is 12.7 Å². The molecule has 0 aliphatic carbocycles. The van der Waals surface area contributed by atoms with Crippen LogP contribution in [0.4, 0.5) is 17.3 Å². The van der Waals surface area contributed by atoms with Crippen molar-refractivity contribution in [3.8, 4) is 0 Å². The van der Waals surface area contributed by atoms with Gasteiger partial charge in [-0.2, -0.15) is 0 Å². The summed E-state index contributed by atoms with van der Waals surface area (Å²) in [5.74, 6) is -0.292. The van der Waals surface area contributed by atoms with Gasteiger partial charge in [0.2, 0.25) is 0 Å². The van der Waals surface area contributed by atoms with E-state index in [4.69, 9.17) is 0 Å². The van der Waals surface area contributed by atoms with Crippen molar-refractivity contribution in [3.63, 3.8) is 0 Å². The molecule has 0 spiro atoms. The number of hydrogen-bond donors (Lipinski definition) is 0. The maximum absolute atomic E-state index is 12.8. The normalized spacial score (nSPS) is 11.6. The molecule has 1 aromatic carbocycles. The Morgan fingerprint density at radius 2 is 1.81 bits per heavy atom. The fraction of sp³-hybridized carbons (Fsp3) is 0.111. The fourth-order valence-electron chi connectivity index (χ4n) is 1.13. The molecule has 0 aromatic heterocycles. The molecule has 0 atom stereocenters. The van der Waals surface area contributed by atoms with Gasteiger partial charge in [0.05, 0.1) is 0 Å². The van der Waals surface area contributed by atoms with Gasteiger partial charge >= 0.3 is 58.4 Å². The summed E-state index contributed by atoms with van der Waals surface area (Å²) >= 11 is 3.01. The molecule has 0 bridgehead atoms. The van der Waals surface area contributed by atoms with Gasteiger partial charge in [0, 0.05) is 4.47 Å². The molecule has 0 N–H and O–H groups in total. The van der Waals surface area contributed by atoms with E-state index in [9.17, 15) is 17.3 Å². The van der Waals surface area contributed by atoms with Gasteiger partial charge in [0.1, 0.15) is 5.82 Å². The minimum atomic E-state index is -4.96. The van der Waals surface area contributed by atoms with Crippen LogP contribution in [-0.2, 0) is 0 Å². The van der Waals surface area contributed by atoms with E-state index >= 15 is 0 Å². The molecule has 7 heteroatoms. The van der Waals surface area contributed by atoms with Crippen LogP contribution in [0.15, 0.2) is 22.6 Å². The van der Waals surface area contributed by atoms with E-state index in [1.165, 1.54) is 6.07 Å². The Balaban J connectivity index is 0.00000225. The van der Waals surface area contributed by atoms with Gasteiger partial charge in [-0.15, -0.1) is 5.98 Å². The van der Waals surface area contributed by atoms with Gasteiger partial charge in [0.15, 0.2) is 0 Å². The topological polar surface area (TPSA) is 0 Å². The average Bonchev–Trinajstić information content (AvgIpc) is 1.99. The first-order valence-corrected chi connectivity index (χ1v) is 4.94. The Bertz CT molecular complexity index is 380. The van der Waals surface area contributed by atoms with E-state index in [-0.39, 0.29) is 57.4 Å². The molecule has 0 radical (unpaired) electrons. The van der Waals surface area contributed by atoms with E-state index in [0.717, 1.165) is 12.1 Å². The third-order valence-electron chi connectivity index (χ3n) is 1.78. The van der Waals surface area contributed by atoms with E-state index in [0.29, 0.717) is 15.6 Å². The first-order chi connectivity index (χ1) is 6.79. The second kappa shape index (κ2) is 6.70. The maximum atomic E-state index is 12.8. The van der Waals surface area contributed by atoms with Gasteiger partial charge in [-0.1, -0.05) is 22.0 Å². The molecule has 0 nitrogen and oxygen atoms in total. The summed E-state index contributed by atoms with van der Waals surface area (Å²) in [6.07, 6.45) is 0.943. The predicted octanol–water partition coefficient (Wildman–Crippen LogP) is 1.30. The van der Waals surface area contributed by atoms with Crippen LogP contribution in [-0.4, -0.2) is 6.98 Å². The molecule has 0 heterocycles. The Hall–Kier alpha value is 0.861. The summed E-state index contributed by atoms with van der Waals surface area (Å²) < 4.78 is 49.0. The van der Waals surface area contributed by atoms with Gasteiger partial charge in [0.25, 0.3) is 0 Å². The zero-order valence-electron chi connectivity index (χ0n) is 8.78. The number of aryl methyl sites for hydroxylation is 1. The first-order valence-electron chi connectivity index (χ1n) is 4.14. The van der Waals surface area contributed by atoms with Crippen LogP contribution in [0.5, 0.6) is 0 Å². The van der Waals surface area contributed by atoms with E-state index in [1.54, 1.807) is 6.92 Å². The van der Waals surface area contributed by atoms with Crippen LogP contribution in [0.25, 0.3) is 6.08 Å². The zero-order valence-corrected chi connectivity index (χ0v) is 13.5. The largest absolute Gasteiger partial charge is 1.00 e. The Kier molecular flexibility index (Phi) is 7.06. The molecule has 16 heavy (non-hydrogen) atoms. The molecule has 0 unspecified atom stereocenters. The number of rotatable bonds is 2. The van der Waals surface area contributed by atoms with Crippen LogP contribution in [0.3, 0.4) is 0 Å². The molecular formula is C9H7BBrF4K. The van der Waals surface area contributed by atoms with E-state index in [1.807, 2.05) is 0 Å². The van der Waals surface area contributed by atoms with Crippen molar-refractivity contribution in [2.24, 2.45) is 0 Å². The molecule has 0 aliphatic heterocycles. The van der Waals surface area contributed by atoms with Crippen molar-refractivity contribution in [1.82, 2.24) is 0 Å². The monoisotopic (exact) mass is 320 g/mol. The third kappa shape index (κ3) is 5.46. The fourth-order valence-corrected chi connectivity index (χ4v) is 1.79.